The SMILES string of the molecule is CCc1nc(CN(C)CC(=O)N2CCN(S(=O)(=O)c3ccc4c(c3)OCCO4)CC2)cs1. The number of sulfonamides is 1. The fourth-order valence-electron chi connectivity index (χ4n) is 3.76. The minimum atomic E-state index is -3.67. The second kappa shape index (κ2) is 9.74. The second-order valence-corrected chi connectivity index (χ2v) is 10.7. The molecule has 32 heavy (non-hydrogen) atoms. The monoisotopic (exact) mass is 480 g/mol. The zero-order valence-electron chi connectivity index (χ0n) is 18.3. The molecule has 1 fully saturated rings. The van der Waals surface area contributed by atoms with E-state index in [9.17, 15) is 13.2 Å². The van der Waals surface area contributed by atoms with Gasteiger partial charge in [-0.15, -0.1) is 11.3 Å². The van der Waals surface area contributed by atoms with Gasteiger partial charge in [-0.05, 0) is 25.6 Å². The summed E-state index contributed by atoms with van der Waals surface area (Å²) in [5.74, 6) is 0.994. The highest BCUT2D eigenvalue weighted by Crippen LogP contribution is 2.33. The summed E-state index contributed by atoms with van der Waals surface area (Å²) in [5.41, 5.74) is 0.970. The zero-order chi connectivity index (χ0) is 22.7. The number of aryl methyl sites for hydroxylation is 1. The second-order valence-electron chi connectivity index (χ2n) is 7.85. The third-order valence-electron chi connectivity index (χ3n) is 5.48. The highest BCUT2D eigenvalue weighted by Gasteiger charge is 2.31. The van der Waals surface area contributed by atoms with Gasteiger partial charge in [0.1, 0.15) is 13.2 Å². The molecule has 2 aliphatic heterocycles. The van der Waals surface area contributed by atoms with Crippen molar-refractivity contribution in [2.24, 2.45) is 0 Å². The van der Waals surface area contributed by atoms with Gasteiger partial charge in [0.25, 0.3) is 0 Å². The number of nitrogens with zero attached hydrogens (tertiary/aromatic N) is 4. The van der Waals surface area contributed by atoms with E-state index in [-0.39, 0.29) is 30.4 Å². The third-order valence-corrected chi connectivity index (χ3v) is 8.42. The van der Waals surface area contributed by atoms with E-state index in [2.05, 4.69) is 11.9 Å². The van der Waals surface area contributed by atoms with Crippen LogP contribution in [0, 0.1) is 0 Å². The summed E-state index contributed by atoms with van der Waals surface area (Å²) in [5, 5.41) is 3.12. The Morgan fingerprint density at radius 1 is 1.16 bits per heavy atom. The molecule has 0 unspecified atom stereocenters. The van der Waals surface area contributed by atoms with E-state index in [1.165, 1.54) is 16.4 Å². The predicted molar refractivity (Wildman–Crippen MR) is 121 cm³/mol. The minimum absolute atomic E-state index is 0.00479. The van der Waals surface area contributed by atoms with Gasteiger partial charge in [-0.3, -0.25) is 9.69 Å². The van der Waals surface area contributed by atoms with Crippen LogP contribution in [0.3, 0.4) is 0 Å². The number of ether oxygens (including phenoxy) is 2. The van der Waals surface area contributed by atoms with Crippen LogP contribution >= 0.6 is 11.3 Å². The number of piperazine rings is 1. The van der Waals surface area contributed by atoms with Gasteiger partial charge >= 0.3 is 0 Å². The van der Waals surface area contributed by atoms with Gasteiger partial charge in [0, 0.05) is 44.2 Å². The Morgan fingerprint density at radius 2 is 1.88 bits per heavy atom. The summed E-state index contributed by atoms with van der Waals surface area (Å²) in [4.78, 5) is 21.1. The number of hydrogen-bond donors (Lipinski definition) is 0. The van der Waals surface area contributed by atoms with E-state index in [0.717, 1.165) is 17.1 Å². The summed E-state index contributed by atoms with van der Waals surface area (Å²) in [6.45, 7) is 5.07. The van der Waals surface area contributed by atoms with Gasteiger partial charge in [-0.2, -0.15) is 4.31 Å². The number of likely N-dealkylation sites (N-methyl/N-ethyl adjacent to an activating group) is 1. The molecule has 3 heterocycles. The van der Waals surface area contributed by atoms with Gasteiger partial charge in [0.2, 0.25) is 15.9 Å². The lowest BCUT2D eigenvalue weighted by molar-refractivity contribution is -0.133. The first-order valence-electron chi connectivity index (χ1n) is 10.7. The maximum Gasteiger partial charge on any atom is 0.243 e. The van der Waals surface area contributed by atoms with Crippen LogP contribution in [0.4, 0.5) is 0 Å². The van der Waals surface area contributed by atoms with Crippen LogP contribution in [0.5, 0.6) is 11.5 Å². The molecule has 1 saturated heterocycles. The van der Waals surface area contributed by atoms with Crippen LogP contribution in [0.15, 0.2) is 28.5 Å². The van der Waals surface area contributed by atoms with Crippen LogP contribution in [0.2, 0.25) is 0 Å². The van der Waals surface area contributed by atoms with Crippen LogP contribution in [-0.2, 0) is 27.8 Å². The Balaban J connectivity index is 1.31. The molecule has 2 aliphatic rings. The maximum absolute atomic E-state index is 13.1. The molecule has 9 nitrogen and oxygen atoms in total. The molecule has 0 aliphatic carbocycles. The topological polar surface area (TPSA) is 92.3 Å². The predicted octanol–water partition coefficient (Wildman–Crippen LogP) is 1.44. The Bertz CT molecular complexity index is 1060. The quantitative estimate of drug-likeness (QED) is 0.592. The lowest BCUT2D eigenvalue weighted by Crippen LogP contribution is -2.52. The van der Waals surface area contributed by atoms with Crippen molar-refractivity contribution in [1.29, 1.82) is 0 Å². The standard InChI is InChI=1S/C21H28N4O5S2/c1-3-20-22-16(15-31-20)13-23(2)14-21(26)24-6-8-25(9-7-24)32(27,28)17-4-5-18-19(12-17)30-11-10-29-18/h4-5,12,15H,3,6-11,13-14H2,1-2H3. The van der Waals surface area contributed by atoms with E-state index in [1.807, 2.05) is 17.3 Å². The molecule has 4 rings (SSSR count). The van der Waals surface area contributed by atoms with Crippen molar-refractivity contribution >= 4 is 27.3 Å². The number of carbonyl (C=O) groups excluding carboxylic acids is 1. The van der Waals surface area contributed by atoms with Crippen LogP contribution in [0.25, 0.3) is 0 Å². The van der Waals surface area contributed by atoms with Crippen molar-refractivity contribution in [3.63, 3.8) is 0 Å². The summed E-state index contributed by atoms with van der Waals surface area (Å²) < 4.78 is 38.5. The third kappa shape index (κ3) is 5.06. The Morgan fingerprint density at radius 3 is 2.56 bits per heavy atom. The summed E-state index contributed by atoms with van der Waals surface area (Å²) >= 11 is 1.64. The first kappa shape index (κ1) is 23.0. The first-order chi connectivity index (χ1) is 15.4. The number of benzene rings is 1. The number of thiazole rings is 1. The number of carbonyl (C=O) groups is 1. The lowest BCUT2D eigenvalue weighted by atomic mass is 10.3. The van der Waals surface area contributed by atoms with Crippen LogP contribution in [0.1, 0.15) is 17.6 Å². The van der Waals surface area contributed by atoms with E-state index >= 15 is 0 Å². The number of rotatable bonds is 7. The van der Waals surface area contributed by atoms with Crippen molar-refractivity contribution in [1.82, 2.24) is 19.1 Å². The highest BCUT2D eigenvalue weighted by atomic mass is 32.2. The van der Waals surface area contributed by atoms with Crippen molar-refractivity contribution in [2.45, 2.75) is 24.8 Å². The minimum Gasteiger partial charge on any atom is -0.486 e. The molecular formula is C21H28N4O5S2. The first-order valence-corrected chi connectivity index (χ1v) is 13.0. The van der Waals surface area contributed by atoms with Gasteiger partial charge in [-0.25, -0.2) is 13.4 Å². The fourth-order valence-corrected chi connectivity index (χ4v) is 5.93. The molecule has 0 spiro atoms. The molecule has 0 saturated carbocycles. The smallest absolute Gasteiger partial charge is 0.243 e. The normalized spacial score (nSPS) is 17.0. The summed E-state index contributed by atoms with van der Waals surface area (Å²) in [6.07, 6.45) is 0.909. The van der Waals surface area contributed by atoms with E-state index < -0.39 is 10.0 Å². The molecule has 1 aromatic carbocycles. The molecule has 0 atom stereocenters. The summed E-state index contributed by atoms with van der Waals surface area (Å²) in [7, 11) is -1.77. The van der Waals surface area contributed by atoms with Crippen LogP contribution < -0.4 is 9.47 Å². The average molecular weight is 481 g/mol. The molecule has 2 aromatic rings. The molecule has 1 amide bonds. The van der Waals surface area contributed by atoms with Crippen molar-refractivity contribution in [2.75, 3.05) is 53.0 Å². The Labute approximate surface area is 192 Å². The number of amides is 1. The largest absolute Gasteiger partial charge is 0.486 e. The molecular weight excluding hydrogens is 452 g/mol. The maximum atomic E-state index is 13.1. The molecule has 11 heteroatoms. The summed E-state index contributed by atoms with van der Waals surface area (Å²) in [6, 6.07) is 4.68. The highest BCUT2D eigenvalue weighted by molar-refractivity contribution is 7.89. The van der Waals surface area contributed by atoms with Gasteiger partial charge < -0.3 is 14.4 Å². The van der Waals surface area contributed by atoms with Gasteiger partial charge in [-0.1, -0.05) is 6.92 Å². The van der Waals surface area contributed by atoms with Crippen molar-refractivity contribution < 1.29 is 22.7 Å². The molecule has 174 valence electrons. The van der Waals surface area contributed by atoms with E-state index in [1.54, 1.807) is 22.3 Å². The zero-order valence-corrected chi connectivity index (χ0v) is 20.0. The number of hydrogen-bond acceptors (Lipinski definition) is 8. The van der Waals surface area contributed by atoms with Crippen molar-refractivity contribution in [3.8, 4) is 11.5 Å². The number of aromatic nitrogens is 1. The number of fused-ring (bicyclic) bond motifs is 1. The molecule has 0 N–H and O–H groups in total. The van der Waals surface area contributed by atoms with Crippen LogP contribution in [-0.4, -0.2) is 86.4 Å². The van der Waals surface area contributed by atoms with Crippen molar-refractivity contribution in [3.05, 3.63) is 34.3 Å². The van der Waals surface area contributed by atoms with E-state index in [4.69, 9.17) is 9.47 Å². The lowest BCUT2D eigenvalue weighted by Gasteiger charge is -2.34. The Kier molecular flexibility index (Phi) is 6.99. The van der Waals surface area contributed by atoms with E-state index in [0.29, 0.717) is 44.3 Å². The van der Waals surface area contributed by atoms with Gasteiger partial charge in [0.15, 0.2) is 11.5 Å². The Hall–Kier alpha value is -2.21. The molecule has 0 radical (unpaired) electrons. The fraction of sp³-hybridized carbons (Fsp3) is 0.524. The van der Waals surface area contributed by atoms with Gasteiger partial charge in [0.05, 0.1) is 22.1 Å². The molecule has 1 aromatic heterocycles. The average Bonchev–Trinajstić information content (AvgIpc) is 3.26. The molecule has 0 bridgehead atoms.